The fourth-order valence-corrected chi connectivity index (χ4v) is 0.604. The quantitative estimate of drug-likeness (QED) is 0.588. The molecule has 48 valence electrons. The lowest BCUT2D eigenvalue weighted by atomic mass is 10.6. The highest BCUT2D eigenvalue weighted by Gasteiger charge is 1.91. The first-order valence-corrected chi connectivity index (χ1v) is 2.79. The van der Waals surface area contributed by atoms with Crippen LogP contribution in [0, 0.1) is 0 Å². The molecule has 0 aliphatic carbocycles. The molecule has 0 radical (unpaired) electrons. The number of aliphatic hydroxyl groups is 1. The minimum atomic E-state index is -0.166. The van der Waals surface area contributed by atoms with Crippen LogP contribution in [0.1, 0.15) is 5.82 Å². The van der Waals surface area contributed by atoms with Gasteiger partial charge < -0.3 is 5.11 Å². The third-order valence-electron chi connectivity index (χ3n) is 0.813. The number of nitrogens with zero attached hydrogens (tertiary/aromatic N) is 2. The van der Waals surface area contributed by atoms with E-state index in [4.69, 9.17) is 16.7 Å². The van der Waals surface area contributed by atoms with Crippen molar-refractivity contribution >= 4 is 11.6 Å². The molecule has 1 aromatic rings. The van der Waals surface area contributed by atoms with Crippen LogP contribution in [0.15, 0.2) is 12.3 Å². The minimum Gasteiger partial charge on any atom is -0.388 e. The summed E-state index contributed by atoms with van der Waals surface area (Å²) in [5.41, 5.74) is 0. The lowest BCUT2D eigenvalue weighted by molar-refractivity contribution is 0.271. The van der Waals surface area contributed by atoms with E-state index in [0.717, 1.165) is 0 Å². The second-order valence-electron chi connectivity index (χ2n) is 1.45. The Labute approximate surface area is 57.3 Å². The summed E-state index contributed by atoms with van der Waals surface area (Å²) < 4.78 is 0. The van der Waals surface area contributed by atoms with Crippen molar-refractivity contribution in [2.24, 2.45) is 0 Å². The largest absolute Gasteiger partial charge is 0.388 e. The van der Waals surface area contributed by atoms with Crippen LogP contribution in [0.3, 0.4) is 0 Å². The lowest BCUT2D eigenvalue weighted by Gasteiger charge is -1.91. The van der Waals surface area contributed by atoms with E-state index in [0.29, 0.717) is 11.0 Å². The molecule has 0 fully saturated rings. The molecule has 0 saturated heterocycles. The molecule has 0 unspecified atom stereocenters. The van der Waals surface area contributed by atoms with Crippen LogP contribution in [0.4, 0.5) is 0 Å². The molecular weight excluding hydrogens is 140 g/mol. The third kappa shape index (κ3) is 1.62. The van der Waals surface area contributed by atoms with Gasteiger partial charge in [-0.25, -0.2) is 9.97 Å². The van der Waals surface area contributed by atoms with Gasteiger partial charge in [0.2, 0.25) is 0 Å². The number of rotatable bonds is 1. The van der Waals surface area contributed by atoms with Gasteiger partial charge in [-0.3, -0.25) is 0 Å². The van der Waals surface area contributed by atoms with Crippen molar-refractivity contribution in [1.29, 1.82) is 0 Å². The van der Waals surface area contributed by atoms with Crippen LogP contribution in [0.25, 0.3) is 0 Å². The predicted octanol–water partition coefficient (Wildman–Crippen LogP) is 0.622. The zero-order chi connectivity index (χ0) is 6.69. The molecule has 0 aliphatic rings. The van der Waals surface area contributed by atoms with Gasteiger partial charge in [0.15, 0.2) is 5.82 Å². The monoisotopic (exact) mass is 144 g/mol. The van der Waals surface area contributed by atoms with Crippen molar-refractivity contribution in [2.75, 3.05) is 0 Å². The fourth-order valence-electron chi connectivity index (χ4n) is 0.450. The molecule has 0 spiro atoms. The SMILES string of the molecule is OCc1nccc(Cl)n1. The van der Waals surface area contributed by atoms with Crippen LogP contribution >= 0.6 is 11.6 Å². The maximum Gasteiger partial charge on any atom is 0.155 e. The summed E-state index contributed by atoms with van der Waals surface area (Å²) in [7, 11) is 0. The second kappa shape index (κ2) is 2.75. The standard InChI is InChI=1S/C5H5ClN2O/c6-4-1-2-7-5(3-9)8-4/h1-2,9H,3H2. The number of aliphatic hydroxyl groups excluding tert-OH is 1. The van der Waals surface area contributed by atoms with Gasteiger partial charge >= 0.3 is 0 Å². The number of hydrogen-bond donors (Lipinski definition) is 1. The van der Waals surface area contributed by atoms with Gasteiger partial charge in [-0.15, -0.1) is 0 Å². The van der Waals surface area contributed by atoms with E-state index in [-0.39, 0.29) is 6.61 Å². The van der Waals surface area contributed by atoms with Gasteiger partial charge in [0.1, 0.15) is 11.8 Å². The van der Waals surface area contributed by atoms with Gasteiger partial charge in [0.25, 0.3) is 0 Å². The van der Waals surface area contributed by atoms with Crippen molar-refractivity contribution in [2.45, 2.75) is 6.61 Å². The summed E-state index contributed by atoms with van der Waals surface area (Å²) in [5.74, 6) is 0.350. The van der Waals surface area contributed by atoms with Crippen LogP contribution in [-0.4, -0.2) is 15.1 Å². The smallest absolute Gasteiger partial charge is 0.155 e. The predicted molar refractivity (Wildman–Crippen MR) is 33.0 cm³/mol. The topological polar surface area (TPSA) is 46.0 Å². The third-order valence-corrected chi connectivity index (χ3v) is 1.02. The van der Waals surface area contributed by atoms with E-state index in [1.54, 1.807) is 6.07 Å². The van der Waals surface area contributed by atoms with Gasteiger partial charge in [-0.1, -0.05) is 11.6 Å². The van der Waals surface area contributed by atoms with E-state index >= 15 is 0 Å². The highest BCUT2D eigenvalue weighted by Crippen LogP contribution is 2.00. The Balaban J connectivity index is 2.94. The van der Waals surface area contributed by atoms with Crippen molar-refractivity contribution < 1.29 is 5.11 Å². The Bertz CT molecular complexity index is 204. The molecule has 1 aromatic heterocycles. The van der Waals surface area contributed by atoms with Crippen LogP contribution in [0.5, 0.6) is 0 Å². The average molecular weight is 145 g/mol. The fraction of sp³-hybridized carbons (Fsp3) is 0.200. The van der Waals surface area contributed by atoms with E-state index < -0.39 is 0 Å². The summed E-state index contributed by atoms with van der Waals surface area (Å²) in [6.07, 6.45) is 1.50. The summed E-state index contributed by atoms with van der Waals surface area (Å²) in [6, 6.07) is 1.56. The number of halogens is 1. The summed E-state index contributed by atoms with van der Waals surface area (Å²) in [4.78, 5) is 7.41. The Morgan fingerprint density at radius 2 is 2.44 bits per heavy atom. The Morgan fingerprint density at radius 3 is 2.89 bits per heavy atom. The van der Waals surface area contributed by atoms with Crippen LogP contribution in [0.2, 0.25) is 5.15 Å². The van der Waals surface area contributed by atoms with Gasteiger partial charge in [-0.05, 0) is 6.07 Å². The first kappa shape index (κ1) is 6.45. The lowest BCUT2D eigenvalue weighted by Crippen LogP contribution is -1.91. The Hall–Kier alpha value is -0.670. The molecule has 0 atom stereocenters. The minimum absolute atomic E-state index is 0.166. The molecule has 0 aliphatic heterocycles. The molecule has 1 rings (SSSR count). The van der Waals surface area contributed by atoms with E-state index in [9.17, 15) is 0 Å². The zero-order valence-corrected chi connectivity index (χ0v) is 5.34. The average Bonchev–Trinajstić information content (AvgIpc) is 1.88. The normalized spacial score (nSPS) is 9.56. The van der Waals surface area contributed by atoms with Crippen LogP contribution in [-0.2, 0) is 6.61 Å². The number of aromatic nitrogens is 2. The highest BCUT2D eigenvalue weighted by molar-refractivity contribution is 6.29. The summed E-state index contributed by atoms with van der Waals surface area (Å²) in [5, 5.41) is 8.83. The molecule has 9 heavy (non-hydrogen) atoms. The molecule has 1 N–H and O–H groups in total. The first-order chi connectivity index (χ1) is 4.33. The molecule has 0 saturated carbocycles. The van der Waals surface area contributed by atoms with Gasteiger partial charge in [0.05, 0.1) is 0 Å². The van der Waals surface area contributed by atoms with Crippen molar-refractivity contribution in [3.8, 4) is 0 Å². The maximum absolute atomic E-state index is 8.48. The zero-order valence-electron chi connectivity index (χ0n) is 4.58. The van der Waals surface area contributed by atoms with Crippen molar-refractivity contribution in [3.63, 3.8) is 0 Å². The molecule has 4 heteroatoms. The Kier molecular flexibility index (Phi) is 1.97. The molecule has 3 nitrogen and oxygen atoms in total. The van der Waals surface area contributed by atoms with Gasteiger partial charge in [-0.2, -0.15) is 0 Å². The second-order valence-corrected chi connectivity index (χ2v) is 1.84. The first-order valence-electron chi connectivity index (χ1n) is 2.41. The van der Waals surface area contributed by atoms with E-state index in [2.05, 4.69) is 9.97 Å². The number of hydrogen-bond acceptors (Lipinski definition) is 3. The molecule has 0 amide bonds. The maximum atomic E-state index is 8.48. The van der Waals surface area contributed by atoms with Crippen LogP contribution < -0.4 is 0 Å². The molecule has 0 aromatic carbocycles. The highest BCUT2D eigenvalue weighted by atomic mass is 35.5. The molecular formula is C5H5ClN2O. The molecule has 1 heterocycles. The van der Waals surface area contributed by atoms with E-state index in [1.807, 2.05) is 0 Å². The van der Waals surface area contributed by atoms with Crippen molar-refractivity contribution in [3.05, 3.63) is 23.2 Å². The Morgan fingerprint density at radius 1 is 1.67 bits per heavy atom. The van der Waals surface area contributed by atoms with Gasteiger partial charge in [0, 0.05) is 6.20 Å². The molecule has 0 bridgehead atoms. The van der Waals surface area contributed by atoms with Crippen molar-refractivity contribution in [1.82, 2.24) is 9.97 Å². The summed E-state index contributed by atoms with van der Waals surface area (Å²) in [6.45, 7) is -0.166. The summed E-state index contributed by atoms with van der Waals surface area (Å²) >= 11 is 5.46. The van der Waals surface area contributed by atoms with E-state index in [1.165, 1.54) is 6.20 Å².